The number of nitrogens with zero attached hydrogens (tertiary/aromatic N) is 2. The van der Waals surface area contributed by atoms with E-state index in [4.69, 9.17) is 13.6 Å². The molecule has 42 heavy (non-hydrogen) atoms. The van der Waals surface area contributed by atoms with Crippen molar-refractivity contribution in [3.63, 3.8) is 0 Å². The SMILES string of the molecule is CC(C)[Si](O[C@H]1[C@H](O[Si](C(C)C)(C(C)C)C(C)C)C=C(c2ccncc2[N+](=O)[O-])O[C@@H]1/C=C/C(=O)O)(C(C)C)C(C)C. The van der Waals surface area contributed by atoms with Gasteiger partial charge in [-0.1, -0.05) is 83.1 Å². The molecule has 0 radical (unpaired) electrons. The lowest BCUT2D eigenvalue weighted by atomic mass is 10.0. The van der Waals surface area contributed by atoms with Crippen LogP contribution in [0.5, 0.6) is 0 Å². The van der Waals surface area contributed by atoms with E-state index >= 15 is 0 Å². The first-order valence-corrected chi connectivity index (χ1v) is 19.4. The van der Waals surface area contributed by atoms with E-state index in [1.165, 1.54) is 18.5 Å². The number of rotatable bonds is 14. The molecule has 0 saturated heterocycles. The Morgan fingerprint density at radius 3 is 1.83 bits per heavy atom. The van der Waals surface area contributed by atoms with E-state index in [0.29, 0.717) is 0 Å². The molecule has 0 amide bonds. The Kier molecular flexibility index (Phi) is 12.3. The maximum Gasteiger partial charge on any atom is 0.328 e. The zero-order valence-corrected chi connectivity index (χ0v) is 29.5. The third-order valence-corrected chi connectivity index (χ3v) is 21.2. The third-order valence-electron chi connectivity index (χ3n) is 9.01. The van der Waals surface area contributed by atoms with Crippen molar-refractivity contribution in [2.24, 2.45) is 0 Å². The minimum absolute atomic E-state index is 0.196. The number of carboxylic acids is 1. The minimum atomic E-state index is -2.52. The van der Waals surface area contributed by atoms with Crippen LogP contribution in [0.15, 0.2) is 36.7 Å². The second-order valence-electron chi connectivity index (χ2n) is 13.3. The molecule has 0 unspecified atom stereocenters. The fourth-order valence-electron chi connectivity index (χ4n) is 7.43. The maximum atomic E-state index is 12.0. The molecule has 1 aliphatic rings. The number of nitro groups is 1. The molecular weight excluding hydrogens is 569 g/mol. The normalized spacial score (nSPS) is 20.3. The molecule has 9 nitrogen and oxygen atoms in total. The third kappa shape index (κ3) is 7.23. The summed E-state index contributed by atoms with van der Waals surface area (Å²) in [6.45, 7) is 26.4. The van der Waals surface area contributed by atoms with Gasteiger partial charge in [0, 0.05) is 12.3 Å². The fraction of sp³-hybridized carbons (Fsp3) is 0.677. The van der Waals surface area contributed by atoms with Gasteiger partial charge in [0.1, 0.15) is 24.2 Å². The Bertz CT molecular complexity index is 1100. The van der Waals surface area contributed by atoms with E-state index in [1.54, 1.807) is 6.07 Å². The second kappa shape index (κ2) is 14.4. The van der Waals surface area contributed by atoms with E-state index in [9.17, 15) is 20.0 Å². The standard InChI is InChI=1S/C31H52N2O7Si2/c1-19(2)41(20(3)4,21(5)6)39-29-17-28(25-15-16-32-18-26(25)33(36)37)38-27(13-14-30(34)35)31(29)40-42(22(7)8,23(9)10)24(11)12/h13-24,27,29,31H,1-12H3,(H,34,35)/b14-13+/t27-,29-,31-/m1/s1. The Balaban J connectivity index is 2.94. The molecule has 0 spiro atoms. The van der Waals surface area contributed by atoms with Gasteiger partial charge >= 0.3 is 5.97 Å². The number of carboxylic acid groups (broad SMARTS) is 1. The summed E-state index contributed by atoms with van der Waals surface area (Å²) >= 11 is 0. The van der Waals surface area contributed by atoms with Crippen molar-refractivity contribution in [3.05, 3.63) is 52.4 Å². The molecule has 0 aromatic carbocycles. The predicted octanol–water partition coefficient (Wildman–Crippen LogP) is 8.49. The van der Waals surface area contributed by atoms with Gasteiger partial charge in [0.25, 0.3) is 5.69 Å². The highest BCUT2D eigenvalue weighted by molar-refractivity contribution is 6.78. The molecular formula is C31H52N2O7Si2. The molecule has 236 valence electrons. The van der Waals surface area contributed by atoms with Gasteiger partial charge in [-0.3, -0.25) is 15.1 Å². The van der Waals surface area contributed by atoms with Crippen LogP contribution in [0.2, 0.25) is 33.2 Å². The monoisotopic (exact) mass is 620 g/mol. The van der Waals surface area contributed by atoms with Crippen LogP contribution < -0.4 is 0 Å². The first kappa shape index (κ1) is 35.8. The van der Waals surface area contributed by atoms with Gasteiger partial charge in [-0.2, -0.15) is 0 Å². The Morgan fingerprint density at radius 2 is 1.40 bits per heavy atom. The molecule has 1 N–H and O–H groups in total. The second-order valence-corrected chi connectivity index (χ2v) is 24.1. The van der Waals surface area contributed by atoms with Crippen molar-refractivity contribution in [2.45, 2.75) is 135 Å². The van der Waals surface area contributed by atoms with Crippen LogP contribution in [0.4, 0.5) is 5.69 Å². The highest BCUT2D eigenvalue weighted by Crippen LogP contribution is 2.48. The van der Waals surface area contributed by atoms with Gasteiger partial charge < -0.3 is 18.7 Å². The molecule has 2 heterocycles. The molecule has 1 aliphatic heterocycles. The Labute approximate surface area is 254 Å². The summed E-state index contributed by atoms with van der Waals surface area (Å²) in [6, 6.07) is 1.55. The predicted molar refractivity (Wildman–Crippen MR) is 172 cm³/mol. The van der Waals surface area contributed by atoms with Crippen LogP contribution in [0.1, 0.15) is 88.6 Å². The van der Waals surface area contributed by atoms with Crippen molar-refractivity contribution in [1.29, 1.82) is 0 Å². The van der Waals surface area contributed by atoms with Gasteiger partial charge in [-0.25, -0.2) is 4.79 Å². The van der Waals surface area contributed by atoms with Crippen LogP contribution in [0.3, 0.4) is 0 Å². The van der Waals surface area contributed by atoms with E-state index in [0.717, 1.165) is 6.08 Å². The van der Waals surface area contributed by atoms with Gasteiger partial charge in [-0.05, 0) is 51.5 Å². The molecule has 0 bridgehead atoms. The summed E-state index contributed by atoms with van der Waals surface area (Å²) in [5.74, 6) is -0.852. The van der Waals surface area contributed by atoms with Crippen molar-refractivity contribution in [2.75, 3.05) is 0 Å². The van der Waals surface area contributed by atoms with Gasteiger partial charge in [0.2, 0.25) is 16.6 Å². The number of hydrogen-bond donors (Lipinski definition) is 1. The fourth-order valence-corrected chi connectivity index (χ4v) is 18.5. The number of carbonyl (C=O) groups is 1. The summed E-state index contributed by atoms with van der Waals surface area (Å²) in [6.07, 6.45) is 4.95. The topological polar surface area (TPSA) is 121 Å². The van der Waals surface area contributed by atoms with E-state index in [-0.39, 0.29) is 50.3 Å². The van der Waals surface area contributed by atoms with Crippen LogP contribution in [-0.2, 0) is 18.4 Å². The zero-order valence-electron chi connectivity index (χ0n) is 27.5. The Morgan fingerprint density at radius 1 is 0.929 bits per heavy atom. The van der Waals surface area contributed by atoms with Crippen LogP contribution >= 0.6 is 0 Å². The molecule has 3 atom stereocenters. The smallest absolute Gasteiger partial charge is 0.328 e. The van der Waals surface area contributed by atoms with Crippen LogP contribution in [0.25, 0.3) is 5.76 Å². The summed E-state index contributed by atoms with van der Waals surface area (Å²) in [5, 5.41) is 21.6. The van der Waals surface area contributed by atoms with E-state index in [2.05, 4.69) is 88.1 Å². The van der Waals surface area contributed by atoms with Gasteiger partial charge in [0.15, 0.2) is 0 Å². The van der Waals surface area contributed by atoms with Crippen LogP contribution in [0, 0.1) is 10.1 Å². The van der Waals surface area contributed by atoms with Crippen molar-refractivity contribution in [1.82, 2.24) is 4.98 Å². The Hall–Kier alpha value is -2.35. The van der Waals surface area contributed by atoms with Crippen LogP contribution in [-0.4, -0.2) is 55.9 Å². The molecule has 2 rings (SSSR count). The lowest BCUT2D eigenvalue weighted by molar-refractivity contribution is -0.385. The van der Waals surface area contributed by atoms with Crippen molar-refractivity contribution < 1.29 is 28.4 Å². The van der Waals surface area contributed by atoms with Gasteiger partial charge in [-0.15, -0.1) is 0 Å². The molecule has 1 aromatic rings. The maximum absolute atomic E-state index is 12.0. The number of ether oxygens (including phenoxy) is 1. The first-order chi connectivity index (χ1) is 19.4. The number of aliphatic carboxylic acids is 1. The van der Waals surface area contributed by atoms with E-state index < -0.39 is 45.8 Å². The molecule has 0 aliphatic carbocycles. The summed E-state index contributed by atoms with van der Waals surface area (Å²) in [5.41, 5.74) is 1.65. The molecule has 11 heteroatoms. The van der Waals surface area contributed by atoms with Gasteiger partial charge in [0.05, 0.1) is 16.6 Å². The van der Waals surface area contributed by atoms with Crippen molar-refractivity contribution >= 4 is 34.1 Å². The summed E-state index contributed by atoms with van der Waals surface area (Å²) in [7, 11) is -5.02. The molecule has 0 fully saturated rings. The summed E-state index contributed by atoms with van der Waals surface area (Å²) in [4.78, 5) is 27.1. The average molecular weight is 621 g/mol. The molecule has 0 saturated carbocycles. The lowest BCUT2D eigenvalue weighted by Gasteiger charge is -2.51. The number of hydrogen-bond acceptors (Lipinski definition) is 7. The number of aromatic nitrogens is 1. The van der Waals surface area contributed by atoms with E-state index in [1.807, 2.05) is 6.08 Å². The lowest BCUT2D eigenvalue weighted by Crippen LogP contribution is -2.59. The quantitative estimate of drug-likeness (QED) is 0.0951. The average Bonchev–Trinajstić information content (AvgIpc) is 2.88. The highest BCUT2D eigenvalue weighted by atomic mass is 28.4. The minimum Gasteiger partial charge on any atom is -0.483 e. The zero-order chi connectivity index (χ0) is 32.2. The highest BCUT2D eigenvalue weighted by Gasteiger charge is 2.53. The largest absolute Gasteiger partial charge is 0.483 e. The molecule has 1 aromatic heterocycles. The summed E-state index contributed by atoms with van der Waals surface area (Å²) < 4.78 is 21.2. The van der Waals surface area contributed by atoms with Crippen molar-refractivity contribution in [3.8, 4) is 0 Å². The first-order valence-electron chi connectivity index (χ1n) is 15.2. The number of pyridine rings is 1.